The van der Waals surface area contributed by atoms with Crippen LogP contribution in [0.2, 0.25) is 0 Å². The second-order valence-electron chi connectivity index (χ2n) is 3.90. The lowest BCUT2D eigenvalue weighted by atomic mass is 10.1. The third-order valence-corrected chi connectivity index (χ3v) is 3.57. The first-order valence-corrected chi connectivity index (χ1v) is 6.76. The molecule has 96 valence electrons. The molecule has 4 N–H and O–H groups in total. The summed E-state index contributed by atoms with van der Waals surface area (Å²) in [7, 11) is 0. The molecule has 18 heavy (non-hydrogen) atoms. The van der Waals surface area contributed by atoms with Crippen molar-refractivity contribution in [1.82, 2.24) is 10.6 Å². The topological polar surface area (TPSA) is 79.5 Å². The van der Waals surface area contributed by atoms with Gasteiger partial charge in [-0.25, -0.2) is 4.79 Å². The second kappa shape index (κ2) is 6.30. The number of urea groups is 1. The largest absolute Gasteiger partial charge is 0.357 e. The summed E-state index contributed by atoms with van der Waals surface area (Å²) in [5.41, 5.74) is 6.23. The van der Waals surface area contributed by atoms with Gasteiger partial charge in [0.15, 0.2) is 5.17 Å². The molecule has 0 aliphatic carbocycles. The van der Waals surface area contributed by atoms with Crippen LogP contribution in [-0.2, 0) is 0 Å². The molecular formula is C12H16N4OS. The summed E-state index contributed by atoms with van der Waals surface area (Å²) >= 11 is 1.70. The van der Waals surface area contributed by atoms with Crippen molar-refractivity contribution in [2.75, 3.05) is 18.8 Å². The molecule has 6 heteroatoms. The first-order valence-electron chi connectivity index (χ1n) is 5.78. The van der Waals surface area contributed by atoms with Gasteiger partial charge in [-0.1, -0.05) is 42.1 Å². The molecule has 1 atom stereocenters. The average molecular weight is 264 g/mol. The molecule has 0 radical (unpaired) electrons. The Kier molecular flexibility index (Phi) is 4.46. The molecule has 5 nitrogen and oxygen atoms in total. The van der Waals surface area contributed by atoms with Gasteiger partial charge in [-0.3, -0.25) is 4.99 Å². The van der Waals surface area contributed by atoms with E-state index in [9.17, 15) is 4.79 Å². The number of hydrogen-bond acceptors (Lipinski definition) is 3. The van der Waals surface area contributed by atoms with E-state index in [1.54, 1.807) is 11.8 Å². The number of nitrogens with one attached hydrogen (secondary N) is 2. The molecule has 1 unspecified atom stereocenters. The van der Waals surface area contributed by atoms with Gasteiger partial charge in [-0.05, 0) is 5.56 Å². The first kappa shape index (κ1) is 12.8. The first-order chi connectivity index (χ1) is 8.75. The number of nitrogens with two attached hydrogens (primary N) is 1. The van der Waals surface area contributed by atoms with Gasteiger partial charge >= 0.3 is 6.03 Å². The van der Waals surface area contributed by atoms with Gasteiger partial charge < -0.3 is 16.4 Å². The second-order valence-corrected chi connectivity index (χ2v) is 4.91. The molecule has 1 aliphatic heterocycles. The maximum Gasteiger partial charge on any atom is 0.312 e. The highest BCUT2D eigenvalue weighted by molar-refractivity contribution is 8.14. The molecule has 2 rings (SSSR count). The highest BCUT2D eigenvalue weighted by atomic mass is 32.2. The van der Waals surface area contributed by atoms with Gasteiger partial charge in [0.1, 0.15) is 0 Å². The molecule has 1 aromatic rings. The number of rotatable bonds is 4. The lowest BCUT2D eigenvalue weighted by molar-refractivity contribution is 0.249. The smallest absolute Gasteiger partial charge is 0.312 e. The van der Waals surface area contributed by atoms with E-state index >= 15 is 0 Å². The van der Waals surface area contributed by atoms with E-state index in [4.69, 9.17) is 5.73 Å². The number of carbonyl (C=O) groups is 1. The van der Waals surface area contributed by atoms with Crippen LogP contribution in [0.15, 0.2) is 35.3 Å². The number of thioether (sulfide) groups is 1. The molecule has 1 heterocycles. The Morgan fingerprint density at radius 1 is 1.50 bits per heavy atom. The molecule has 0 aromatic heterocycles. The number of hydrogen-bond donors (Lipinski definition) is 3. The summed E-state index contributed by atoms with van der Waals surface area (Å²) in [4.78, 5) is 14.8. The minimum Gasteiger partial charge on any atom is -0.357 e. The quantitative estimate of drug-likeness (QED) is 0.712. The van der Waals surface area contributed by atoms with Crippen LogP contribution in [0.4, 0.5) is 4.79 Å². The van der Waals surface area contributed by atoms with Crippen molar-refractivity contribution < 1.29 is 4.79 Å². The Balaban J connectivity index is 1.81. The summed E-state index contributed by atoms with van der Waals surface area (Å²) in [5, 5.41) is 6.80. The van der Waals surface area contributed by atoms with E-state index in [0.29, 0.717) is 19.1 Å². The lowest BCUT2D eigenvalue weighted by Crippen LogP contribution is -2.31. The van der Waals surface area contributed by atoms with Crippen LogP contribution in [0.1, 0.15) is 11.6 Å². The zero-order valence-electron chi connectivity index (χ0n) is 9.93. The van der Waals surface area contributed by atoms with Crippen LogP contribution in [0.25, 0.3) is 0 Å². The number of aliphatic imine (C=N–C) groups is 1. The lowest BCUT2D eigenvalue weighted by Gasteiger charge is -2.09. The Labute approximate surface area is 110 Å². The van der Waals surface area contributed by atoms with Gasteiger partial charge in [0, 0.05) is 12.3 Å². The van der Waals surface area contributed by atoms with Crippen LogP contribution >= 0.6 is 11.8 Å². The zero-order valence-corrected chi connectivity index (χ0v) is 10.7. The average Bonchev–Trinajstić information content (AvgIpc) is 2.84. The fraction of sp³-hybridized carbons (Fsp3) is 0.333. The molecule has 0 saturated carbocycles. The SMILES string of the molecule is NC(=O)NCCN=C1NC(c2ccccc2)CS1. The summed E-state index contributed by atoms with van der Waals surface area (Å²) in [5.74, 6) is 0.978. The Bertz CT molecular complexity index is 435. The standard InChI is InChI=1S/C12H16N4OS/c13-11(17)14-6-7-15-12-16-10(8-18-12)9-4-2-1-3-5-9/h1-5,10H,6-8H2,(H,15,16)(H3,13,14,17). The molecule has 1 aromatic carbocycles. The number of amides is 2. The van der Waals surface area contributed by atoms with E-state index < -0.39 is 6.03 Å². The van der Waals surface area contributed by atoms with Crippen molar-refractivity contribution in [3.63, 3.8) is 0 Å². The van der Waals surface area contributed by atoms with Crippen LogP contribution in [-0.4, -0.2) is 30.0 Å². The van der Waals surface area contributed by atoms with Crippen molar-refractivity contribution in [2.45, 2.75) is 6.04 Å². The van der Waals surface area contributed by atoms with Crippen molar-refractivity contribution in [3.8, 4) is 0 Å². The van der Waals surface area contributed by atoms with E-state index in [0.717, 1.165) is 10.9 Å². The van der Waals surface area contributed by atoms with Crippen molar-refractivity contribution in [3.05, 3.63) is 35.9 Å². The minimum absolute atomic E-state index is 0.319. The molecular weight excluding hydrogens is 248 g/mol. The van der Waals surface area contributed by atoms with Gasteiger partial charge in [-0.2, -0.15) is 0 Å². The third kappa shape index (κ3) is 3.66. The maximum absolute atomic E-state index is 10.5. The highest BCUT2D eigenvalue weighted by Gasteiger charge is 2.21. The number of primary amides is 1. The normalized spacial score (nSPS) is 20.7. The summed E-state index contributed by atoms with van der Waals surface area (Å²) in [6.45, 7) is 1.01. The van der Waals surface area contributed by atoms with E-state index in [1.165, 1.54) is 5.56 Å². The van der Waals surface area contributed by atoms with Gasteiger partial charge in [0.2, 0.25) is 0 Å². The monoisotopic (exact) mass is 264 g/mol. The predicted molar refractivity (Wildman–Crippen MR) is 74.7 cm³/mol. The van der Waals surface area contributed by atoms with Gasteiger partial charge in [0.05, 0.1) is 12.6 Å². The molecule has 1 fully saturated rings. The third-order valence-electron chi connectivity index (χ3n) is 2.55. The highest BCUT2D eigenvalue weighted by Crippen LogP contribution is 2.25. The van der Waals surface area contributed by atoms with Crippen molar-refractivity contribution >= 4 is 23.0 Å². The van der Waals surface area contributed by atoms with E-state index in [1.807, 2.05) is 18.2 Å². The zero-order chi connectivity index (χ0) is 12.8. The van der Waals surface area contributed by atoms with E-state index in [-0.39, 0.29) is 0 Å². The minimum atomic E-state index is -0.510. The Hall–Kier alpha value is -1.69. The van der Waals surface area contributed by atoms with Crippen molar-refractivity contribution in [2.24, 2.45) is 10.7 Å². The number of benzene rings is 1. The molecule has 2 amide bonds. The predicted octanol–water partition coefficient (Wildman–Crippen LogP) is 1.09. The number of nitrogens with zero attached hydrogens (tertiary/aromatic N) is 1. The Morgan fingerprint density at radius 3 is 3.00 bits per heavy atom. The summed E-state index contributed by atoms with van der Waals surface area (Å²) in [6, 6.07) is 10.1. The number of amidine groups is 1. The van der Waals surface area contributed by atoms with E-state index in [2.05, 4.69) is 27.8 Å². The molecule has 1 saturated heterocycles. The van der Waals surface area contributed by atoms with Crippen LogP contribution < -0.4 is 16.4 Å². The number of carbonyl (C=O) groups excluding carboxylic acids is 1. The summed E-state index contributed by atoms with van der Waals surface area (Å²) in [6.07, 6.45) is 0. The van der Waals surface area contributed by atoms with Crippen LogP contribution in [0, 0.1) is 0 Å². The van der Waals surface area contributed by atoms with Gasteiger partial charge in [-0.15, -0.1) is 0 Å². The molecule has 1 aliphatic rings. The van der Waals surface area contributed by atoms with Gasteiger partial charge in [0.25, 0.3) is 0 Å². The van der Waals surface area contributed by atoms with Crippen LogP contribution in [0.3, 0.4) is 0 Å². The van der Waals surface area contributed by atoms with Crippen molar-refractivity contribution in [1.29, 1.82) is 0 Å². The summed E-state index contributed by atoms with van der Waals surface area (Å²) < 4.78 is 0. The Morgan fingerprint density at radius 2 is 2.28 bits per heavy atom. The maximum atomic E-state index is 10.5. The molecule has 0 bridgehead atoms. The molecule has 0 spiro atoms. The van der Waals surface area contributed by atoms with Crippen LogP contribution in [0.5, 0.6) is 0 Å². The fourth-order valence-corrected chi connectivity index (χ4v) is 2.70. The fourth-order valence-electron chi connectivity index (χ4n) is 1.69.